The van der Waals surface area contributed by atoms with Gasteiger partial charge in [-0.3, -0.25) is 9.59 Å². The van der Waals surface area contributed by atoms with Crippen molar-refractivity contribution in [3.05, 3.63) is 90.9 Å². The van der Waals surface area contributed by atoms with Crippen molar-refractivity contribution in [2.24, 2.45) is 0 Å². The van der Waals surface area contributed by atoms with Gasteiger partial charge in [0, 0.05) is 18.1 Å². The van der Waals surface area contributed by atoms with Crippen LogP contribution < -0.4 is 5.32 Å². The molecule has 0 aliphatic carbocycles. The molecule has 0 spiro atoms. The van der Waals surface area contributed by atoms with Crippen LogP contribution in [0.3, 0.4) is 0 Å². The number of amides is 2. The number of anilines is 1. The van der Waals surface area contributed by atoms with Gasteiger partial charge in [-0.1, -0.05) is 74.7 Å². The monoisotopic (exact) mass is 484 g/mol. The maximum absolute atomic E-state index is 13.2. The summed E-state index contributed by atoms with van der Waals surface area (Å²) in [6.07, 6.45) is 5.99. The van der Waals surface area contributed by atoms with E-state index in [0.717, 1.165) is 42.6 Å². The van der Waals surface area contributed by atoms with E-state index >= 15 is 0 Å². The lowest BCUT2D eigenvalue weighted by Gasteiger charge is -2.21. The molecule has 4 rings (SSSR count). The highest BCUT2D eigenvalue weighted by molar-refractivity contribution is 5.94. The van der Waals surface area contributed by atoms with Crippen LogP contribution in [0, 0.1) is 0 Å². The number of carbonyl (C=O) groups is 2. The van der Waals surface area contributed by atoms with Gasteiger partial charge in [0.1, 0.15) is 18.1 Å². The summed E-state index contributed by atoms with van der Waals surface area (Å²) < 4.78 is 7.16. The lowest BCUT2D eigenvalue weighted by atomic mass is 10.1. The van der Waals surface area contributed by atoms with E-state index in [0.29, 0.717) is 18.0 Å². The number of nitrogens with zero attached hydrogens (tertiary/aromatic N) is 3. The fourth-order valence-electron chi connectivity index (χ4n) is 4.03. The lowest BCUT2D eigenvalue weighted by Crippen LogP contribution is -2.37. The predicted octanol–water partition coefficient (Wildman–Crippen LogP) is 6.07. The molecule has 0 aliphatic rings. The summed E-state index contributed by atoms with van der Waals surface area (Å²) in [6.45, 7) is 2.31. The quantitative estimate of drug-likeness (QED) is 0.248. The van der Waals surface area contributed by atoms with E-state index in [1.54, 1.807) is 21.9 Å². The minimum atomic E-state index is -0.292. The molecule has 7 nitrogen and oxygen atoms in total. The topological polar surface area (TPSA) is 80.4 Å². The summed E-state index contributed by atoms with van der Waals surface area (Å²) in [4.78, 5) is 27.7. The molecule has 0 saturated carbocycles. The van der Waals surface area contributed by atoms with Crippen molar-refractivity contribution in [3.63, 3.8) is 0 Å². The van der Waals surface area contributed by atoms with E-state index < -0.39 is 0 Å². The molecule has 2 amide bonds. The second-order valence-electron chi connectivity index (χ2n) is 8.72. The summed E-state index contributed by atoms with van der Waals surface area (Å²) in [5.41, 5.74) is 2.52. The normalized spacial score (nSPS) is 10.8. The van der Waals surface area contributed by atoms with E-state index in [1.165, 1.54) is 0 Å². The number of benzene rings is 2. The number of aromatic nitrogens is 2. The van der Waals surface area contributed by atoms with Crippen LogP contribution in [-0.4, -0.2) is 33.0 Å². The standard InChI is InChI=1S/C29H32N4O3/c1-2-3-4-11-18-29(35)32(21-25-17-12-19-36-25)22-28(34)30-27-20-26(23-13-7-5-8-14-23)31-33(27)24-15-9-6-10-16-24/h5-10,12-17,19-20H,2-4,11,18,21-22H2,1H3,(H,30,34). The second kappa shape index (κ2) is 12.5. The molecule has 0 saturated heterocycles. The Labute approximate surface area is 211 Å². The first-order valence-electron chi connectivity index (χ1n) is 12.4. The van der Waals surface area contributed by atoms with Crippen LogP contribution in [0.1, 0.15) is 44.8 Å². The summed E-state index contributed by atoms with van der Waals surface area (Å²) in [5, 5.41) is 7.72. The number of unbranched alkanes of at least 4 members (excludes halogenated alkanes) is 3. The zero-order valence-electron chi connectivity index (χ0n) is 20.6. The summed E-state index contributed by atoms with van der Waals surface area (Å²) in [5.74, 6) is 0.836. The number of rotatable bonds is 12. The van der Waals surface area contributed by atoms with Gasteiger partial charge in [-0.05, 0) is 30.7 Å². The Morgan fingerprint density at radius 1 is 0.944 bits per heavy atom. The number of para-hydroxylation sites is 1. The molecule has 2 heterocycles. The first-order valence-corrected chi connectivity index (χ1v) is 12.4. The molecule has 7 heteroatoms. The SMILES string of the molecule is CCCCCCC(=O)N(CC(=O)Nc1cc(-c2ccccc2)nn1-c1ccccc1)Cc1ccco1. The van der Waals surface area contributed by atoms with Gasteiger partial charge < -0.3 is 14.6 Å². The van der Waals surface area contributed by atoms with Crippen LogP contribution in [0.4, 0.5) is 5.82 Å². The van der Waals surface area contributed by atoms with Gasteiger partial charge in [-0.15, -0.1) is 0 Å². The van der Waals surface area contributed by atoms with Crippen molar-refractivity contribution in [3.8, 4) is 16.9 Å². The van der Waals surface area contributed by atoms with Crippen LogP contribution in [0.25, 0.3) is 16.9 Å². The number of carbonyl (C=O) groups excluding carboxylic acids is 2. The number of hydrogen-bond acceptors (Lipinski definition) is 4. The molecule has 0 unspecified atom stereocenters. The molecular formula is C29H32N4O3. The minimum absolute atomic E-state index is 0.0563. The maximum atomic E-state index is 13.2. The van der Waals surface area contributed by atoms with Crippen molar-refractivity contribution in [1.29, 1.82) is 0 Å². The molecule has 0 radical (unpaired) electrons. The Kier molecular flexibility index (Phi) is 8.70. The molecule has 0 aliphatic heterocycles. The molecule has 2 aromatic heterocycles. The fraction of sp³-hybridized carbons (Fsp3) is 0.276. The highest BCUT2D eigenvalue weighted by Crippen LogP contribution is 2.25. The van der Waals surface area contributed by atoms with Crippen LogP contribution in [-0.2, 0) is 16.1 Å². The summed E-state index contributed by atoms with van der Waals surface area (Å²) in [6, 6.07) is 24.9. The summed E-state index contributed by atoms with van der Waals surface area (Å²) >= 11 is 0. The van der Waals surface area contributed by atoms with Crippen molar-refractivity contribution < 1.29 is 14.0 Å². The van der Waals surface area contributed by atoms with Gasteiger partial charge in [0.05, 0.1) is 24.2 Å². The highest BCUT2D eigenvalue weighted by atomic mass is 16.3. The Hall–Kier alpha value is -4.13. The van der Waals surface area contributed by atoms with E-state index in [-0.39, 0.29) is 24.9 Å². The predicted molar refractivity (Wildman–Crippen MR) is 141 cm³/mol. The fourth-order valence-corrected chi connectivity index (χ4v) is 4.03. The van der Waals surface area contributed by atoms with Gasteiger partial charge in [-0.2, -0.15) is 5.10 Å². The average Bonchev–Trinajstić information content (AvgIpc) is 3.57. The van der Waals surface area contributed by atoms with Gasteiger partial charge in [-0.25, -0.2) is 4.68 Å². The molecule has 36 heavy (non-hydrogen) atoms. The van der Waals surface area contributed by atoms with Crippen molar-refractivity contribution in [2.45, 2.75) is 45.6 Å². The second-order valence-corrected chi connectivity index (χ2v) is 8.72. The van der Waals surface area contributed by atoms with Crippen LogP contribution in [0.15, 0.2) is 89.5 Å². The smallest absolute Gasteiger partial charge is 0.245 e. The van der Waals surface area contributed by atoms with Gasteiger partial charge in [0.2, 0.25) is 11.8 Å². The third-order valence-electron chi connectivity index (χ3n) is 5.91. The molecule has 1 N–H and O–H groups in total. The first kappa shape index (κ1) is 25.0. The number of hydrogen-bond donors (Lipinski definition) is 1. The van der Waals surface area contributed by atoms with Crippen molar-refractivity contribution in [1.82, 2.24) is 14.7 Å². The molecular weight excluding hydrogens is 452 g/mol. The van der Waals surface area contributed by atoms with E-state index in [9.17, 15) is 9.59 Å². The van der Waals surface area contributed by atoms with Gasteiger partial charge in [0.25, 0.3) is 0 Å². The number of nitrogens with one attached hydrogen (secondary N) is 1. The zero-order chi connectivity index (χ0) is 25.2. The Bertz CT molecular complexity index is 1230. The minimum Gasteiger partial charge on any atom is -0.467 e. The molecule has 0 fully saturated rings. The molecule has 2 aromatic carbocycles. The Morgan fingerprint density at radius 3 is 2.39 bits per heavy atom. The van der Waals surface area contributed by atoms with E-state index in [2.05, 4.69) is 12.2 Å². The van der Waals surface area contributed by atoms with Gasteiger partial charge in [0.15, 0.2) is 0 Å². The van der Waals surface area contributed by atoms with Crippen LogP contribution in [0.2, 0.25) is 0 Å². The molecule has 0 bridgehead atoms. The lowest BCUT2D eigenvalue weighted by molar-refractivity contribution is -0.135. The molecule has 4 aromatic rings. The summed E-state index contributed by atoms with van der Waals surface area (Å²) in [7, 11) is 0. The third kappa shape index (κ3) is 6.72. The van der Waals surface area contributed by atoms with Crippen LogP contribution in [0.5, 0.6) is 0 Å². The van der Waals surface area contributed by atoms with E-state index in [1.807, 2.05) is 72.8 Å². The largest absolute Gasteiger partial charge is 0.467 e. The Morgan fingerprint density at radius 2 is 1.69 bits per heavy atom. The maximum Gasteiger partial charge on any atom is 0.245 e. The zero-order valence-corrected chi connectivity index (χ0v) is 20.6. The van der Waals surface area contributed by atoms with Crippen LogP contribution >= 0.6 is 0 Å². The molecule has 0 atom stereocenters. The highest BCUT2D eigenvalue weighted by Gasteiger charge is 2.20. The number of furan rings is 1. The Balaban J connectivity index is 1.52. The van der Waals surface area contributed by atoms with Crippen molar-refractivity contribution >= 4 is 17.6 Å². The van der Waals surface area contributed by atoms with E-state index in [4.69, 9.17) is 9.52 Å². The van der Waals surface area contributed by atoms with Crippen molar-refractivity contribution in [2.75, 3.05) is 11.9 Å². The average molecular weight is 485 g/mol. The molecule has 186 valence electrons. The first-order chi connectivity index (χ1) is 17.6. The third-order valence-corrected chi connectivity index (χ3v) is 5.91. The van der Waals surface area contributed by atoms with Gasteiger partial charge >= 0.3 is 0 Å².